The summed E-state index contributed by atoms with van der Waals surface area (Å²) < 4.78 is 1.50. The molecule has 0 radical (unpaired) electrons. The molecule has 0 aliphatic carbocycles. The van der Waals surface area contributed by atoms with Gasteiger partial charge in [-0.3, -0.25) is 9.59 Å². The van der Waals surface area contributed by atoms with Gasteiger partial charge in [0.25, 0.3) is 11.8 Å². The van der Waals surface area contributed by atoms with Crippen molar-refractivity contribution in [2.75, 3.05) is 6.54 Å². The topological polar surface area (TPSA) is 58.2 Å². The molecule has 0 saturated carbocycles. The van der Waals surface area contributed by atoms with Crippen LogP contribution in [0.25, 0.3) is 0 Å². The van der Waals surface area contributed by atoms with Crippen molar-refractivity contribution in [2.24, 2.45) is 0 Å². The van der Waals surface area contributed by atoms with E-state index in [4.69, 9.17) is 0 Å². The van der Waals surface area contributed by atoms with Gasteiger partial charge in [-0.2, -0.15) is 0 Å². The summed E-state index contributed by atoms with van der Waals surface area (Å²) >= 11 is 6.77. The minimum absolute atomic E-state index is 0.129. The second-order valence-corrected chi connectivity index (χ2v) is 7.34. The first-order chi connectivity index (χ1) is 12.0. The quantitative estimate of drug-likeness (QED) is 0.627. The molecular formula is C19H20Br2N2O2. The van der Waals surface area contributed by atoms with Crippen LogP contribution in [-0.2, 0) is 0 Å². The predicted octanol–water partition coefficient (Wildman–Crippen LogP) is 4.54. The van der Waals surface area contributed by atoms with Crippen LogP contribution < -0.4 is 10.6 Å². The van der Waals surface area contributed by atoms with Crippen LogP contribution in [0.3, 0.4) is 0 Å². The Bertz CT molecular complexity index is 750. The summed E-state index contributed by atoms with van der Waals surface area (Å²) in [4.78, 5) is 24.8. The van der Waals surface area contributed by atoms with Crippen LogP contribution in [0.5, 0.6) is 0 Å². The third-order valence-corrected chi connectivity index (χ3v) is 5.10. The molecule has 0 aliphatic heterocycles. The second-order valence-electron chi connectivity index (χ2n) is 5.63. The van der Waals surface area contributed by atoms with E-state index in [1.54, 1.807) is 12.1 Å². The predicted molar refractivity (Wildman–Crippen MR) is 107 cm³/mol. The Morgan fingerprint density at radius 1 is 0.920 bits per heavy atom. The number of halogens is 2. The molecule has 0 spiro atoms. The van der Waals surface area contributed by atoms with Gasteiger partial charge in [0.2, 0.25) is 0 Å². The third-order valence-electron chi connectivity index (χ3n) is 3.72. The van der Waals surface area contributed by atoms with Gasteiger partial charge in [0, 0.05) is 21.5 Å². The summed E-state index contributed by atoms with van der Waals surface area (Å²) in [7, 11) is 0. The van der Waals surface area contributed by atoms with Crippen molar-refractivity contribution < 1.29 is 9.59 Å². The summed E-state index contributed by atoms with van der Waals surface area (Å²) in [5, 5.41) is 5.90. The van der Waals surface area contributed by atoms with Gasteiger partial charge in [0.05, 0.1) is 11.1 Å². The molecule has 0 fully saturated rings. The van der Waals surface area contributed by atoms with Gasteiger partial charge in [0.15, 0.2) is 0 Å². The molecule has 132 valence electrons. The molecular weight excluding hydrogens is 448 g/mol. The number of carbonyl (C=O) groups is 2. The molecule has 2 aromatic carbocycles. The van der Waals surface area contributed by atoms with E-state index in [0.717, 1.165) is 21.8 Å². The first kappa shape index (κ1) is 19.7. The maximum absolute atomic E-state index is 12.5. The number of hydrogen-bond acceptors (Lipinski definition) is 2. The van der Waals surface area contributed by atoms with Gasteiger partial charge in [0.1, 0.15) is 0 Å². The van der Waals surface area contributed by atoms with E-state index >= 15 is 0 Å². The Balaban J connectivity index is 1.99. The van der Waals surface area contributed by atoms with Crippen LogP contribution in [0.15, 0.2) is 57.5 Å². The highest BCUT2D eigenvalue weighted by Crippen LogP contribution is 2.17. The normalized spacial score (nSPS) is 11.6. The van der Waals surface area contributed by atoms with Crippen LogP contribution in [-0.4, -0.2) is 24.4 Å². The van der Waals surface area contributed by atoms with Gasteiger partial charge >= 0.3 is 0 Å². The Labute approximate surface area is 164 Å². The fourth-order valence-electron chi connectivity index (χ4n) is 2.44. The van der Waals surface area contributed by atoms with Gasteiger partial charge in [-0.25, -0.2) is 0 Å². The lowest BCUT2D eigenvalue weighted by molar-refractivity contribution is 0.0905. The van der Waals surface area contributed by atoms with Crippen molar-refractivity contribution in [3.8, 4) is 0 Å². The van der Waals surface area contributed by atoms with Crippen LogP contribution in [0.1, 0.15) is 40.5 Å². The molecule has 2 aromatic rings. The molecule has 2 amide bonds. The van der Waals surface area contributed by atoms with E-state index in [1.165, 1.54) is 0 Å². The molecule has 0 heterocycles. The van der Waals surface area contributed by atoms with Gasteiger partial charge < -0.3 is 10.6 Å². The SMILES string of the molecule is CCCC(CNC(=O)c1ccccc1Br)NC(=O)c1ccccc1Br. The van der Waals surface area contributed by atoms with E-state index in [2.05, 4.69) is 42.5 Å². The van der Waals surface area contributed by atoms with Crippen LogP contribution in [0.4, 0.5) is 0 Å². The fourth-order valence-corrected chi connectivity index (χ4v) is 3.37. The maximum atomic E-state index is 12.5. The Kier molecular flexibility index (Phi) is 7.65. The number of rotatable bonds is 7. The molecule has 0 bridgehead atoms. The van der Waals surface area contributed by atoms with Crippen molar-refractivity contribution in [1.29, 1.82) is 0 Å². The molecule has 1 atom stereocenters. The summed E-state index contributed by atoms with van der Waals surface area (Å²) in [6, 6.07) is 14.4. The Morgan fingerprint density at radius 3 is 1.96 bits per heavy atom. The van der Waals surface area contributed by atoms with Crippen molar-refractivity contribution in [1.82, 2.24) is 10.6 Å². The number of hydrogen-bond donors (Lipinski definition) is 2. The lowest BCUT2D eigenvalue weighted by Gasteiger charge is -2.19. The van der Waals surface area contributed by atoms with Crippen molar-refractivity contribution in [2.45, 2.75) is 25.8 Å². The molecule has 1 unspecified atom stereocenters. The molecule has 0 saturated heterocycles. The number of benzene rings is 2. The van der Waals surface area contributed by atoms with Crippen LogP contribution >= 0.6 is 31.9 Å². The summed E-state index contributed by atoms with van der Waals surface area (Å²) in [5.74, 6) is -0.315. The lowest BCUT2D eigenvalue weighted by Crippen LogP contribution is -2.43. The monoisotopic (exact) mass is 466 g/mol. The molecule has 0 aromatic heterocycles. The van der Waals surface area contributed by atoms with Crippen molar-refractivity contribution in [3.05, 3.63) is 68.6 Å². The standard InChI is InChI=1S/C19H20Br2N2O2/c1-2-7-13(23-19(25)15-9-4-6-11-17(15)21)12-22-18(24)14-8-3-5-10-16(14)20/h3-6,8-11,13H,2,7,12H2,1H3,(H,22,24)(H,23,25). The molecule has 25 heavy (non-hydrogen) atoms. The Hall–Kier alpha value is -1.66. The minimum Gasteiger partial charge on any atom is -0.350 e. The molecule has 0 aliphatic rings. The summed E-state index contributed by atoms with van der Waals surface area (Å²) in [6.07, 6.45) is 1.69. The first-order valence-corrected chi connectivity index (χ1v) is 9.69. The maximum Gasteiger partial charge on any atom is 0.252 e. The molecule has 4 nitrogen and oxygen atoms in total. The highest BCUT2D eigenvalue weighted by atomic mass is 79.9. The van der Waals surface area contributed by atoms with Crippen LogP contribution in [0.2, 0.25) is 0 Å². The molecule has 2 N–H and O–H groups in total. The first-order valence-electron chi connectivity index (χ1n) is 8.11. The van der Waals surface area contributed by atoms with Gasteiger partial charge in [-0.05, 0) is 62.5 Å². The van der Waals surface area contributed by atoms with E-state index in [0.29, 0.717) is 17.7 Å². The van der Waals surface area contributed by atoms with Crippen LogP contribution in [0, 0.1) is 0 Å². The fraction of sp³-hybridized carbons (Fsp3) is 0.263. The zero-order valence-electron chi connectivity index (χ0n) is 13.9. The summed E-state index contributed by atoms with van der Waals surface area (Å²) in [5.41, 5.74) is 1.16. The van der Waals surface area contributed by atoms with Crippen molar-refractivity contribution >= 4 is 43.7 Å². The van der Waals surface area contributed by atoms with Crippen molar-refractivity contribution in [3.63, 3.8) is 0 Å². The smallest absolute Gasteiger partial charge is 0.252 e. The highest BCUT2D eigenvalue weighted by Gasteiger charge is 2.17. The second kappa shape index (κ2) is 9.73. The van der Waals surface area contributed by atoms with Gasteiger partial charge in [-0.15, -0.1) is 0 Å². The average molecular weight is 468 g/mol. The lowest BCUT2D eigenvalue weighted by atomic mass is 10.1. The minimum atomic E-state index is -0.163. The van der Waals surface area contributed by atoms with E-state index in [9.17, 15) is 9.59 Å². The average Bonchev–Trinajstić information content (AvgIpc) is 2.60. The van der Waals surface area contributed by atoms with Gasteiger partial charge in [-0.1, -0.05) is 37.6 Å². The molecule has 6 heteroatoms. The third kappa shape index (κ3) is 5.68. The number of amides is 2. The molecule has 2 rings (SSSR count). The summed E-state index contributed by atoms with van der Waals surface area (Å²) in [6.45, 7) is 2.43. The van der Waals surface area contributed by atoms with E-state index < -0.39 is 0 Å². The largest absolute Gasteiger partial charge is 0.350 e. The van der Waals surface area contributed by atoms with E-state index in [1.807, 2.05) is 43.3 Å². The Morgan fingerprint density at radius 2 is 1.44 bits per heavy atom. The number of nitrogens with one attached hydrogen (secondary N) is 2. The zero-order valence-corrected chi connectivity index (χ0v) is 17.1. The number of carbonyl (C=O) groups excluding carboxylic acids is 2. The van der Waals surface area contributed by atoms with E-state index in [-0.39, 0.29) is 17.9 Å². The highest BCUT2D eigenvalue weighted by molar-refractivity contribution is 9.10. The zero-order chi connectivity index (χ0) is 18.2.